The van der Waals surface area contributed by atoms with Gasteiger partial charge in [-0.05, 0) is 19.4 Å². The number of amides is 1. The van der Waals surface area contributed by atoms with Crippen LogP contribution in [0.1, 0.15) is 31.2 Å². The Morgan fingerprint density at radius 2 is 2.21 bits per heavy atom. The van der Waals surface area contributed by atoms with Crippen LogP contribution >= 0.6 is 0 Å². The SMILES string of the molecule is CC(CCC(=O)O)NC(=O)C1COc2ccccc21. The van der Waals surface area contributed by atoms with Crippen LogP contribution in [0, 0.1) is 0 Å². The molecule has 0 spiro atoms. The Labute approximate surface area is 111 Å². The average molecular weight is 263 g/mol. The van der Waals surface area contributed by atoms with Crippen molar-refractivity contribution < 1.29 is 19.4 Å². The molecule has 1 aromatic rings. The predicted molar refractivity (Wildman–Crippen MR) is 69.2 cm³/mol. The molecule has 5 nitrogen and oxygen atoms in total. The summed E-state index contributed by atoms with van der Waals surface area (Å²) in [5.74, 6) is -0.511. The maximum atomic E-state index is 12.1. The molecule has 19 heavy (non-hydrogen) atoms. The number of fused-ring (bicyclic) bond motifs is 1. The molecule has 0 saturated carbocycles. The predicted octanol–water partition coefficient (Wildman–Crippen LogP) is 1.53. The first-order valence-electron chi connectivity index (χ1n) is 6.32. The summed E-state index contributed by atoms with van der Waals surface area (Å²) >= 11 is 0. The van der Waals surface area contributed by atoms with Crippen molar-refractivity contribution in [1.29, 1.82) is 0 Å². The lowest BCUT2D eigenvalue weighted by Gasteiger charge is -2.15. The minimum atomic E-state index is -0.851. The molecule has 5 heteroatoms. The number of hydrogen-bond donors (Lipinski definition) is 2. The molecule has 2 rings (SSSR count). The number of ether oxygens (including phenoxy) is 1. The summed E-state index contributed by atoms with van der Waals surface area (Å²) in [4.78, 5) is 22.6. The van der Waals surface area contributed by atoms with Gasteiger partial charge in [-0.3, -0.25) is 9.59 Å². The zero-order valence-corrected chi connectivity index (χ0v) is 10.8. The van der Waals surface area contributed by atoms with Crippen LogP contribution in [-0.4, -0.2) is 29.6 Å². The summed E-state index contributed by atoms with van der Waals surface area (Å²) in [5, 5.41) is 11.4. The summed E-state index contributed by atoms with van der Waals surface area (Å²) in [6.07, 6.45) is 0.482. The van der Waals surface area contributed by atoms with Crippen LogP contribution in [0.4, 0.5) is 0 Å². The molecule has 0 bridgehead atoms. The number of rotatable bonds is 5. The monoisotopic (exact) mass is 263 g/mol. The van der Waals surface area contributed by atoms with E-state index in [0.29, 0.717) is 13.0 Å². The van der Waals surface area contributed by atoms with Crippen molar-refractivity contribution >= 4 is 11.9 Å². The minimum absolute atomic E-state index is 0.0548. The van der Waals surface area contributed by atoms with Gasteiger partial charge in [0.15, 0.2) is 0 Å². The van der Waals surface area contributed by atoms with Crippen molar-refractivity contribution in [2.24, 2.45) is 0 Å². The van der Waals surface area contributed by atoms with Gasteiger partial charge >= 0.3 is 5.97 Å². The van der Waals surface area contributed by atoms with Gasteiger partial charge in [0, 0.05) is 18.0 Å². The lowest BCUT2D eigenvalue weighted by atomic mass is 10.00. The van der Waals surface area contributed by atoms with E-state index in [9.17, 15) is 9.59 Å². The number of benzene rings is 1. The van der Waals surface area contributed by atoms with Crippen LogP contribution < -0.4 is 10.1 Å². The molecular formula is C14H17NO4. The zero-order chi connectivity index (χ0) is 13.8. The fraction of sp³-hybridized carbons (Fsp3) is 0.429. The van der Waals surface area contributed by atoms with Gasteiger partial charge in [0.05, 0.1) is 0 Å². The summed E-state index contributed by atoms with van der Waals surface area (Å²) in [6, 6.07) is 7.32. The fourth-order valence-electron chi connectivity index (χ4n) is 2.14. The van der Waals surface area contributed by atoms with Gasteiger partial charge in [-0.25, -0.2) is 0 Å². The quantitative estimate of drug-likeness (QED) is 0.844. The molecule has 0 fully saturated rings. The number of hydrogen-bond acceptors (Lipinski definition) is 3. The number of carbonyl (C=O) groups excluding carboxylic acids is 1. The van der Waals surface area contributed by atoms with Crippen molar-refractivity contribution in [3.8, 4) is 5.75 Å². The molecule has 1 aromatic carbocycles. The van der Waals surface area contributed by atoms with Gasteiger partial charge in [-0.15, -0.1) is 0 Å². The van der Waals surface area contributed by atoms with Gasteiger partial charge in [-0.2, -0.15) is 0 Å². The third kappa shape index (κ3) is 3.24. The highest BCUT2D eigenvalue weighted by Crippen LogP contribution is 2.33. The Kier molecular flexibility index (Phi) is 4.04. The third-order valence-corrected chi connectivity index (χ3v) is 3.20. The second kappa shape index (κ2) is 5.73. The lowest BCUT2D eigenvalue weighted by Crippen LogP contribution is -2.37. The van der Waals surface area contributed by atoms with E-state index >= 15 is 0 Å². The van der Waals surface area contributed by atoms with Crippen molar-refractivity contribution in [2.75, 3.05) is 6.61 Å². The Bertz CT molecular complexity index is 486. The number of carboxylic acid groups (broad SMARTS) is 1. The molecule has 1 heterocycles. The lowest BCUT2D eigenvalue weighted by molar-refractivity contribution is -0.137. The number of para-hydroxylation sites is 1. The summed E-state index contributed by atoms with van der Waals surface area (Å²) in [5.41, 5.74) is 0.894. The summed E-state index contributed by atoms with van der Waals surface area (Å²) < 4.78 is 5.46. The Morgan fingerprint density at radius 1 is 1.47 bits per heavy atom. The van der Waals surface area contributed by atoms with E-state index < -0.39 is 5.97 Å². The molecule has 102 valence electrons. The molecule has 2 unspecified atom stereocenters. The highest BCUT2D eigenvalue weighted by Gasteiger charge is 2.30. The fourth-order valence-corrected chi connectivity index (χ4v) is 2.14. The molecule has 0 aliphatic carbocycles. The minimum Gasteiger partial charge on any atom is -0.492 e. The molecule has 0 radical (unpaired) electrons. The van der Waals surface area contributed by atoms with Crippen LogP contribution in [0.2, 0.25) is 0 Å². The normalized spacial score (nSPS) is 18.3. The number of carboxylic acids is 1. The van der Waals surface area contributed by atoms with Crippen LogP contribution in [0.25, 0.3) is 0 Å². The van der Waals surface area contributed by atoms with E-state index in [-0.39, 0.29) is 24.3 Å². The van der Waals surface area contributed by atoms with E-state index in [1.165, 1.54) is 0 Å². The molecule has 2 atom stereocenters. The topological polar surface area (TPSA) is 75.6 Å². The van der Waals surface area contributed by atoms with Crippen molar-refractivity contribution in [1.82, 2.24) is 5.32 Å². The number of carbonyl (C=O) groups is 2. The van der Waals surface area contributed by atoms with E-state index in [0.717, 1.165) is 11.3 Å². The number of aliphatic carboxylic acids is 1. The molecule has 1 amide bonds. The van der Waals surface area contributed by atoms with Gasteiger partial charge in [0.25, 0.3) is 0 Å². The van der Waals surface area contributed by atoms with Crippen molar-refractivity contribution in [2.45, 2.75) is 31.7 Å². The van der Waals surface area contributed by atoms with Crippen LogP contribution in [0.5, 0.6) is 5.75 Å². The molecule has 1 aliphatic rings. The standard InChI is InChI=1S/C14H17NO4/c1-9(6-7-13(16)17)15-14(18)11-8-19-12-5-3-2-4-10(11)12/h2-5,9,11H,6-8H2,1H3,(H,15,18)(H,16,17). The molecular weight excluding hydrogens is 246 g/mol. The first kappa shape index (κ1) is 13.4. The van der Waals surface area contributed by atoms with E-state index in [4.69, 9.17) is 9.84 Å². The first-order valence-corrected chi connectivity index (χ1v) is 6.32. The molecule has 0 saturated heterocycles. The smallest absolute Gasteiger partial charge is 0.303 e. The van der Waals surface area contributed by atoms with E-state index in [1.54, 1.807) is 0 Å². The van der Waals surface area contributed by atoms with Gasteiger partial charge in [0.1, 0.15) is 18.3 Å². The maximum Gasteiger partial charge on any atom is 0.303 e. The highest BCUT2D eigenvalue weighted by atomic mass is 16.5. The summed E-state index contributed by atoms with van der Waals surface area (Å²) in [7, 11) is 0. The molecule has 1 aliphatic heterocycles. The van der Waals surface area contributed by atoms with Crippen LogP contribution in [-0.2, 0) is 9.59 Å². The third-order valence-electron chi connectivity index (χ3n) is 3.20. The zero-order valence-electron chi connectivity index (χ0n) is 10.8. The van der Waals surface area contributed by atoms with E-state index in [1.807, 2.05) is 31.2 Å². The Hall–Kier alpha value is -2.04. The van der Waals surface area contributed by atoms with Gasteiger partial charge in [-0.1, -0.05) is 18.2 Å². The second-order valence-electron chi connectivity index (χ2n) is 4.74. The van der Waals surface area contributed by atoms with Crippen LogP contribution in [0.3, 0.4) is 0 Å². The first-order chi connectivity index (χ1) is 9.08. The number of nitrogens with one attached hydrogen (secondary N) is 1. The van der Waals surface area contributed by atoms with Crippen molar-refractivity contribution in [3.05, 3.63) is 29.8 Å². The van der Waals surface area contributed by atoms with Gasteiger partial charge < -0.3 is 15.2 Å². The van der Waals surface area contributed by atoms with Gasteiger partial charge in [0.2, 0.25) is 5.91 Å². The largest absolute Gasteiger partial charge is 0.492 e. The Balaban J connectivity index is 1.93. The molecule has 2 N–H and O–H groups in total. The Morgan fingerprint density at radius 3 is 2.95 bits per heavy atom. The highest BCUT2D eigenvalue weighted by molar-refractivity contribution is 5.85. The van der Waals surface area contributed by atoms with E-state index in [2.05, 4.69) is 5.32 Å². The van der Waals surface area contributed by atoms with Crippen molar-refractivity contribution in [3.63, 3.8) is 0 Å². The maximum absolute atomic E-state index is 12.1. The average Bonchev–Trinajstić information content (AvgIpc) is 2.80. The molecule has 0 aromatic heterocycles. The summed E-state index contributed by atoms with van der Waals surface area (Å²) in [6.45, 7) is 2.15. The van der Waals surface area contributed by atoms with Crippen LogP contribution in [0.15, 0.2) is 24.3 Å². The second-order valence-corrected chi connectivity index (χ2v) is 4.74.